The first-order valence-electron chi connectivity index (χ1n) is 10.9. The van der Waals surface area contributed by atoms with E-state index in [1.807, 2.05) is 0 Å². The standard InChI is InChI=1S/C23H33NO6S/c1-14-6-5-7-19-22(14,3)9-8-15(2)23(19,4)13-16-20(26)17(12-18(25)21(16)27)24-10-11-31(28,29)30/h12,15,19,24,26H,1,5-11,13H2,2-4H3,(H,28,29,30). The summed E-state index contributed by atoms with van der Waals surface area (Å²) in [7, 11) is -4.19. The van der Waals surface area contributed by atoms with Gasteiger partial charge in [-0.15, -0.1) is 0 Å². The number of hydrogen-bond acceptors (Lipinski definition) is 6. The molecule has 0 aromatic carbocycles. The van der Waals surface area contributed by atoms with Gasteiger partial charge in [0.1, 0.15) is 5.76 Å². The molecule has 0 aliphatic heterocycles. The first-order valence-corrected chi connectivity index (χ1v) is 12.5. The topological polar surface area (TPSA) is 121 Å². The van der Waals surface area contributed by atoms with E-state index in [0.717, 1.165) is 38.2 Å². The fraction of sp³-hybridized carbons (Fsp3) is 0.652. The Kier molecular flexibility index (Phi) is 6.28. The van der Waals surface area contributed by atoms with E-state index in [1.54, 1.807) is 0 Å². The molecule has 3 aliphatic rings. The third-order valence-electron chi connectivity index (χ3n) is 8.11. The summed E-state index contributed by atoms with van der Waals surface area (Å²) in [4.78, 5) is 25.1. The maximum atomic E-state index is 12.7. The number of aliphatic hydroxyl groups excluding tert-OH is 1. The highest BCUT2D eigenvalue weighted by Gasteiger charge is 2.54. The summed E-state index contributed by atoms with van der Waals surface area (Å²) in [6, 6.07) is 0. The van der Waals surface area contributed by atoms with Crippen LogP contribution in [0.5, 0.6) is 0 Å². The highest BCUT2D eigenvalue weighted by atomic mass is 32.2. The van der Waals surface area contributed by atoms with Gasteiger partial charge >= 0.3 is 0 Å². The molecule has 8 heteroatoms. The maximum absolute atomic E-state index is 12.7. The van der Waals surface area contributed by atoms with Crippen LogP contribution in [0.25, 0.3) is 0 Å². The van der Waals surface area contributed by atoms with Crippen molar-refractivity contribution in [2.24, 2.45) is 22.7 Å². The molecule has 0 amide bonds. The minimum Gasteiger partial charge on any atom is -0.505 e. The summed E-state index contributed by atoms with van der Waals surface area (Å²) in [6.45, 7) is 10.7. The number of fused-ring (bicyclic) bond motifs is 1. The van der Waals surface area contributed by atoms with Gasteiger partial charge in [0.2, 0.25) is 11.6 Å². The molecular formula is C23H33NO6S. The van der Waals surface area contributed by atoms with Crippen molar-refractivity contribution < 1.29 is 27.7 Å². The van der Waals surface area contributed by atoms with Crippen LogP contribution in [0.2, 0.25) is 0 Å². The summed E-state index contributed by atoms with van der Waals surface area (Å²) in [5.41, 5.74) is 1.03. The fourth-order valence-electron chi connectivity index (χ4n) is 5.94. The van der Waals surface area contributed by atoms with Crippen LogP contribution >= 0.6 is 0 Å². The summed E-state index contributed by atoms with van der Waals surface area (Å²) in [5.74, 6) is -1.77. The predicted molar refractivity (Wildman–Crippen MR) is 118 cm³/mol. The van der Waals surface area contributed by atoms with Gasteiger partial charge in [0.15, 0.2) is 0 Å². The molecule has 2 saturated carbocycles. The highest BCUT2D eigenvalue weighted by Crippen LogP contribution is 2.63. The van der Waals surface area contributed by atoms with Gasteiger partial charge < -0.3 is 10.4 Å². The molecule has 4 atom stereocenters. The van der Waals surface area contributed by atoms with Crippen LogP contribution in [-0.2, 0) is 19.7 Å². The van der Waals surface area contributed by atoms with Gasteiger partial charge in [-0.05, 0) is 61.2 Å². The lowest BCUT2D eigenvalue weighted by molar-refractivity contribution is -0.132. The van der Waals surface area contributed by atoms with E-state index in [2.05, 4.69) is 32.7 Å². The summed E-state index contributed by atoms with van der Waals surface area (Å²) >= 11 is 0. The van der Waals surface area contributed by atoms with Crippen molar-refractivity contribution in [1.82, 2.24) is 5.32 Å². The Labute approximate surface area is 184 Å². The molecule has 0 aromatic heterocycles. The van der Waals surface area contributed by atoms with Gasteiger partial charge in [0.25, 0.3) is 10.1 Å². The van der Waals surface area contributed by atoms with Gasteiger partial charge in [-0.25, -0.2) is 0 Å². The average Bonchev–Trinajstić information content (AvgIpc) is 2.67. The van der Waals surface area contributed by atoms with E-state index in [9.17, 15) is 23.1 Å². The van der Waals surface area contributed by atoms with Crippen molar-refractivity contribution in [1.29, 1.82) is 0 Å². The van der Waals surface area contributed by atoms with E-state index in [-0.39, 0.29) is 46.7 Å². The Morgan fingerprint density at radius 2 is 1.94 bits per heavy atom. The number of ketones is 2. The van der Waals surface area contributed by atoms with Gasteiger partial charge in [-0.1, -0.05) is 32.9 Å². The van der Waals surface area contributed by atoms with Crippen molar-refractivity contribution in [2.45, 2.75) is 59.3 Å². The second-order valence-corrected chi connectivity index (χ2v) is 11.5. The first kappa shape index (κ1) is 23.7. The minimum atomic E-state index is -4.19. The number of carbonyl (C=O) groups is 2. The lowest BCUT2D eigenvalue weighted by Gasteiger charge is -2.59. The molecule has 0 radical (unpaired) electrons. The molecule has 4 unspecified atom stereocenters. The van der Waals surface area contributed by atoms with Crippen LogP contribution in [0.3, 0.4) is 0 Å². The molecule has 3 rings (SSSR count). The molecule has 0 saturated heterocycles. The van der Waals surface area contributed by atoms with E-state index in [0.29, 0.717) is 5.92 Å². The van der Waals surface area contributed by atoms with Crippen molar-refractivity contribution >= 4 is 21.7 Å². The van der Waals surface area contributed by atoms with Crippen LogP contribution in [-0.4, -0.2) is 41.9 Å². The zero-order chi connectivity index (χ0) is 23.2. The van der Waals surface area contributed by atoms with E-state index >= 15 is 0 Å². The molecular weight excluding hydrogens is 418 g/mol. The van der Waals surface area contributed by atoms with E-state index in [4.69, 9.17) is 4.55 Å². The second kappa shape index (κ2) is 8.20. The first-order chi connectivity index (χ1) is 14.3. The molecule has 3 N–H and O–H groups in total. The molecule has 2 fully saturated rings. The normalized spacial score (nSPS) is 34.5. The van der Waals surface area contributed by atoms with E-state index < -0.39 is 27.4 Å². The lowest BCUT2D eigenvalue weighted by atomic mass is 9.46. The number of rotatable bonds is 6. The number of allylic oxidation sites excluding steroid dienone is 3. The minimum absolute atomic E-state index is 0.0196. The van der Waals surface area contributed by atoms with Gasteiger partial charge in [0.05, 0.1) is 11.4 Å². The molecule has 0 aromatic rings. The number of nitrogens with one attached hydrogen (secondary N) is 1. The molecule has 7 nitrogen and oxygen atoms in total. The zero-order valence-corrected chi connectivity index (χ0v) is 19.3. The second-order valence-electron chi connectivity index (χ2n) is 9.88. The summed E-state index contributed by atoms with van der Waals surface area (Å²) in [6.07, 6.45) is 6.36. The SMILES string of the molecule is C=C1CCCC2C1(C)CCC(C)C2(C)CC1=C(O)C(NCCS(=O)(=O)O)=CC(=O)C1=O. The van der Waals surface area contributed by atoms with Crippen molar-refractivity contribution in [3.8, 4) is 0 Å². The van der Waals surface area contributed by atoms with Crippen LogP contribution in [0.4, 0.5) is 0 Å². The Morgan fingerprint density at radius 1 is 1.26 bits per heavy atom. The van der Waals surface area contributed by atoms with Crippen molar-refractivity contribution in [3.63, 3.8) is 0 Å². The van der Waals surface area contributed by atoms with Crippen LogP contribution in [0, 0.1) is 22.7 Å². The third-order valence-corrected chi connectivity index (χ3v) is 8.83. The molecule has 31 heavy (non-hydrogen) atoms. The largest absolute Gasteiger partial charge is 0.505 e. The van der Waals surface area contributed by atoms with Crippen LogP contribution < -0.4 is 5.32 Å². The Morgan fingerprint density at radius 3 is 2.58 bits per heavy atom. The van der Waals surface area contributed by atoms with Crippen LogP contribution in [0.1, 0.15) is 59.3 Å². The number of hydrogen-bond donors (Lipinski definition) is 3. The maximum Gasteiger partial charge on any atom is 0.266 e. The third kappa shape index (κ3) is 4.37. The Bertz CT molecular complexity index is 978. The monoisotopic (exact) mass is 451 g/mol. The van der Waals surface area contributed by atoms with Gasteiger partial charge in [-0.3, -0.25) is 14.1 Å². The van der Waals surface area contributed by atoms with E-state index in [1.165, 1.54) is 5.57 Å². The van der Waals surface area contributed by atoms with Crippen molar-refractivity contribution in [3.05, 3.63) is 35.3 Å². The lowest BCUT2D eigenvalue weighted by Crippen LogP contribution is -2.51. The van der Waals surface area contributed by atoms with Crippen molar-refractivity contribution in [2.75, 3.05) is 12.3 Å². The zero-order valence-electron chi connectivity index (χ0n) is 18.5. The smallest absolute Gasteiger partial charge is 0.266 e. The Balaban J connectivity index is 1.93. The average molecular weight is 452 g/mol. The Hall–Kier alpha value is -1.93. The van der Waals surface area contributed by atoms with Gasteiger partial charge in [0, 0.05) is 18.2 Å². The molecule has 3 aliphatic carbocycles. The van der Waals surface area contributed by atoms with Gasteiger partial charge in [-0.2, -0.15) is 8.42 Å². The molecule has 172 valence electrons. The number of carbonyl (C=O) groups excluding carboxylic acids is 2. The molecule has 0 heterocycles. The summed E-state index contributed by atoms with van der Waals surface area (Å²) in [5, 5.41) is 13.5. The van der Waals surface area contributed by atoms with Crippen LogP contribution in [0.15, 0.2) is 35.3 Å². The molecule has 0 spiro atoms. The highest BCUT2D eigenvalue weighted by molar-refractivity contribution is 7.85. The number of aliphatic hydroxyl groups is 1. The predicted octanol–water partition coefficient (Wildman–Crippen LogP) is 3.50. The quantitative estimate of drug-likeness (QED) is 0.245. The summed E-state index contributed by atoms with van der Waals surface area (Å²) < 4.78 is 30.8. The number of Topliss-reactive ketones (excluding diaryl/α,β-unsaturated/α-hetero) is 1. The molecule has 0 bridgehead atoms. The fourth-order valence-corrected chi connectivity index (χ4v) is 6.30.